The lowest BCUT2D eigenvalue weighted by atomic mass is 10.1. The number of amides is 1. The van der Waals surface area contributed by atoms with E-state index in [1.807, 2.05) is 0 Å². The summed E-state index contributed by atoms with van der Waals surface area (Å²) < 4.78 is 36.8. The van der Waals surface area contributed by atoms with Gasteiger partial charge in [0.1, 0.15) is 0 Å². The summed E-state index contributed by atoms with van der Waals surface area (Å²) in [6, 6.07) is 2.16. The number of carboxylic acids is 1. The van der Waals surface area contributed by atoms with E-state index in [1.165, 1.54) is 0 Å². The van der Waals surface area contributed by atoms with Crippen LogP contribution in [0.1, 0.15) is 10.4 Å². The van der Waals surface area contributed by atoms with Crippen molar-refractivity contribution in [3.05, 3.63) is 33.9 Å². The highest BCUT2D eigenvalue weighted by atomic mass is 19.4. The Morgan fingerprint density at radius 3 is 2.30 bits per heavy atom. The first-order chi connectivity index (χ1) is 9.05. The fourth-order valence-electron chi connectivity index (χ4n) is 1.40. The number of carbonyl (C=O) groups is 2. The van der Waals surface area contributed by atoms with Gasteiger partial charge in [-0.3, -0.25) is 14.9 Å². The van der Waals surface area contributed by atoms with Gasteiger partial charge in [0.05, 0.1) is 16.2 Å². The second kappa shape index (κ2) is 5.15. The normalized spacial score (nSPS) is 11.0. The van der Waals surface area contributed by atoms with E-state index < -0.39 is 39.9 Å². The van der Waals surface area contributed by atoms with Crippen molar-refractivity contribution in [3.63, 3.8) is 0 Å². The molecule has 1 aromatic rings. The third-order valence-electron chi connectivity index (χ3n) is 2.33. The number of nitro benzene ring substituents is 1. The van der Waals surface area contributed by atoms with Gasteiger partial charge in [-0.25, -0.2) is 4.79 Å². The molecule has 1 aromatic carbocycles. The Kier molecular flexibility index (Phi) is 3.97. The molecule has 0 spiro atoms. The smallest absolute Gasteiger partial charge is 0.471 e. The van der Waals surface area contributed by atoms with Crippen molar-refractivity contribution in [2.45, 2.75) is 6.18 Å². The topological polar surface area (TPSA) is 101 Å². The van der Waals surface area contributed by atoms with Crippen molar-refractivity contribution in [2.24, 2.45) is 0 Å². The predicted octanol–water partition coefficient (Wildman–Crippen LogP) is 1.82. The van der Waals surface area contributed by atoms with Gasteiger partial charge in [-0.2, -0.15) is 13.2 Å². The standard InChI is InChI=1S/C10H7F3N2O5/c1-14(9(18)10(11,12)13)7-3-2-5(15(19)20)4-6(7)8(16)17/h2-4H,1H3,(H,16,17). The van der Waals surface area contributed by atoms with Gasteiger partial charge in [0, 0.05) is 19.2 Å². The Morgan fingerprint density at radius 1 is 1.35 bits per heavy atom. The number of nitro groups is 1. The molecule has 0 saturated heterocycles. The van der Waals surface area contributed by atoms with Gasteiger partial charge in [0.15, 0.2) is 0 Å². The maximum Gasteiger partial charge on any atom is 0.471 e. The van der Waals surface area contributed by atoms with E-state index in [-0.39, 0.29) is 4.90 Å². The highest BCUT2D eigenvalue weighted by Gasteiger charge is 2.42. The molecule has 7 nitrogen and oxygen atoms in total. The van der Waals surface area contributed by atoms with Crippen molar-refractivity contribution in [2.75, 3.05) is 11.9 Å². The van der Waals surface area contributed by atoms with Gasteiger partial charge in [-0.05, 0) is 6.07 Å². The zero-order valence-corrected chi connectivity index (χ0v) is 9.84. The number of rotatable bonds is 3. The summed E-state index contributed by atoms with van der Waals surface area (Å²) in [4.78, 5) is 31.6. The summed E-state index contributed by atoms with van der Waals surface area (Å²) in [7, 11) is 0.726. The summed E-state index contributed by atoms with van der Waals surface area (Å²) in [5.74, 6) is -3.97. The average Bonchev–Trinajstić information content (AvgIpc) is 2.34. The van der Waals surface area contributed by atoms with Crippen molar-refractivity contribution in [1.29, 1.82) is 0 Å². The molecule has 20 heavy (non-hydrogen) atoms. The first kappa shape index (κ1) is 15.4. The molecule has 0 aliphatic rings. The van der Waals surface area contributed by atoms with Crippen LogP contribution in [0.2, 0.25) is 0 Å². The van der Waals surface area contributed by atoms with E-state index in [1.54, 1.807) is 0 Å². The number of carboxylic acid groups (broad SMARTS) is 1. The molecule has 0 aromatic heterocycles. The molecular formula is C10H7F3N2O5. The van der Waals surface area contributed by atoms with Gasteiger partial charge in [0.25, 0.3) is 5.69 Å². The van der Waals surface area contributed by atoms with Gasteiger partial charge >= 0.3 is 18.1 Å². The number of carbonyl (C=O) groups excluding carboxylic acids is 1. The Labute approximate surface area is 109 Å². The highest BCUT2D eigenvalue weighted by molar-refractivity contribution is 6.03. The number of aromatic carboxylic acids is 1. The number of nitrogens with zero attached hydrogens (tertiary/aromatic N) is 2. The zero-order valence-electron chi connectivity index (χ0n) is 9.84. The van der Waals surface area contributed by atoms with Gasteiger partial charge in [-0.1, -0.05) is 0 Å². The SMILES string of the molecule is CN(C(=O)C(F)(F)F)c1ccc([N+](=O)[O-])cc1C(=O)O. The minimum atomic E-state index is -5.19. The molecule has 0 fully saturated rings. The second-order valence-electron chi connectivity index (χ2n) is 3.63. The summed E-state index contributed by atoms with van der Waals surface area (Å²) in [5.41, 5.74) is -1.98. The number of benzene rings is 1. The number of alkyl halides is 3. The van der Waals surface area contributed by atoms with E-state index in [9.17, 15) is 32.9 Å². The quantitative estimate of drug-likeness (QED) is 0.676. The molecule has 0 aliphatic heterocycles. The summed E-state index contributed by atoms with van der Waals surface area (Å²) in [6.45, 7) is 0. The third kappa shape index (κ3) is 3.02. The number of hydrogen-bond acceptors (Lipinski definition) is 4. The van der Waals surface area contributed by atoms with E-state index >= 15 is 0 Å². The number of halogens is 3. The summed E-state index contributed by atoms with van der Waals surface area (Å²) >= 11 is 0. The second-order valence-corrected chi connectivity index (χ2v) is 3.63. The predicted molar refractivity (Wildman–Crippen MR) is 59.5 cm³/mol. The Balaban J connectivity index is 3.35. The molecule has 1 amide bonds. The molecular weight excluding hydrogens is 285 g/mol. The van der Waals surface area contributed by atoms with Crippen LogP contribution in [0.25, 0.3) is 0 Å². The van der Waals surface area contributed by atoms with Crippen LogP contribution in [0.3, 0.4) is 0 Å². The molecule has 0 aliphatic carbocycles. The van der Waals surface area contributed by atoms with Crippen LogP contribution in [0.4, 0.5) is 24.5 Å². The Bertz CT molecular complexity index is 585. The van der Waals surface area contributed by atoms with Crippen LogP contribution in [-0.2, 0) is 4.79 Å². The zero-order chi connectivity index (χ0) is 15.7. The minimum Gasteiger partial charge on any atom is -0.478 e. The lowest BCUT2D eigenvalue weighted by molar-refractivity contribution is -0.384. The van der Waals surface area contributed by atoms with E-state index in [0.717, 1.165) is 19.2 Å². The molecule has 0 bridgehead atoms. The van der Waals surface area contributed by atoms with Gasteiger partial charge in [-0.15, -0.1) is 0 Å². The average molecular weight is 292 g/mol. The van der Waals surface area contributed by atoms with Crippen molar-refractivity contribution >= 4 is 23.3 Å². The van der Waals surface area contributed by atoms with Crippen LogP contribution in [0, 0.1) is 10.1 Å². The van der Waals surface area contributed by atoms with E-state index in [0.29, 0.717) is 6.07 Å². The van der Waals surface area contributed by atoms with Crippen molar-refractivity contribution < 1.29 is 32.8 Å². The summed E-state index contributed by atoms with van der Waals surface area (Å²) in [6.07, 6.45) is -5.19. The molecule has 0 radical (unpaired) electrons. The first-order valence-electron chi connectivity index (χ1n) is 4.92. The third-order valence-corrected chi connectivity index (χ3v) is 2.33. The largest absolute Gasteiger partial charge is 0.478 e. The molecule has 10 heteroatoms. The fraction of sp³-hybridized carbons (Fsp3) is 0.200. The number of hydrogen-bond donors (Lipinski definition) is 1. The number of non-ortho nitro benzene ring substituents is 1. The van der Waals surface area contributed by atoms with Crippen LogP contribution in [-0.4, -0.2) is 35.1 Å². The Morgan fingerprint density at radius 2 is 1.90 bits per heavy atom. The lowest BCUT2D eigenvalue weighted by Gasteiger charge is -2.20. The lowest BCUT2D eigenvalue weighted by Crippen LogP contribution is -2.39. The van der Waals surface area contributed by atoms with Gasteiger partial charge in [0.2, 0.25) is 0 Å². The molecule has 0 unspecified atom stereocenters. The Hall–Kier alpha value is -2.65. The van der Waals surface area contributed by atoms with Crippen LogP contribution in [0.5, 0.6) is 0 Å². The maximum atomic E-state index is 12.3. The highest BCUT2D eigenvalue weighted by Crippen LogP contribution is 2.28. The van der Waals surface area contributed by atoms with Crippen LogP contribution < -0.4 is 4.90 Å². The molecule has 0 saturated carbocycles. The molecule has 1 N–H and O–H groups in total. The first-order valence-corrected chi connectivity index (χ1v) is 4.92. The summed E-state index contributed by atoms with van der Waals surface area (Å²) in [5, 5.41) is 19.4. The van der Waals surface area contributed by atoms with Crippen molar-refractivity contribution in [3.8, 4) is 0 Å². The molecule has 1 rings (SSSR count). The van der Waals surface area contributed by atoms with E-state index in [2.05, 4.69) is 0 Å². The monoisotopic (exact) mass is 292 g/mol. The fourth-order valence-corrected chi connectivity index (χ4v) is 1.40. The molecule has 108 valence electrons. The number of anilines is 1. The minimum absolute atomic E-state index is 0.0766. The van der Waals surface area contributed by atoms with Crippen LogP contribution >= 0.6 is 0 Å². The molecule has 0 heterocycles. The van der Waals surface area contributed by atoms with E-state index in [4.69, 9.17) is 5.11 Å². The van der Waals surface area contributed by atoms with Gasteiger partial charge < -0.3 is 10.0 Å². The maximum absolute atomic E-state index is 12.3. The molecule has 0 atom stereocenters. The van der Waals surface area contributed by atoms with Crippen LogP contribution in [0.15, 0.2) is 18.2 Å². The van der Waals surface area contributed by atoms with Crippen molar-refractivity contribution in [1.82, 2.24) is 0 Å².